The lowest BCUT2D eigenvalue weighted by molar-refractivity contribution is 0.240. The summed E-state index contributed by atoms with van der Waals surface area (Å²) in [6.45, 7) is 8.80. The maximum Gasteiger partial charge on any atom is 0.254 e. The van der Waals surface area contributed by atoms with Crippen LogP contribution in [0.5, 0.6) is 0 Å². The second-order valence-electron chi connectivity index (χ2n) is 6.48. The van der Waals surface area contributed by atoms with Gasteiger partial charge in [0.05, 0.1) is 5.69 Å². The summed E-state index contributed by atoms with van der Waals surface area (Å²) in [5.74, 6) is 1.03. The first-order chi connectivity index (χ1) is 10.5. The average molecular weight is 297 g/mol. The molecule has 1 N–H and O–H groups in total. The number of hydrogen-bond donors (Lipinski definition) is 1. The second kappa shape index (κ2) is 6.05. The number of nitrogens with zero attached hydrogens (tertiary/aromatic N) is 2. The zero-order valence-electron chi connectivity index (χ0n) is 13.5. The van der Waals surface area contributed by atoms with Crippen LogP contribution >= 0.6 is 0 Å². The van der Waals surface area contributed by atoms with Gasteiger partial charge in [0.1, 0.15) is 5.82 Å². The van der Waals surface area contributed by atoms with Gasteiger partial charge in [0, 0.05) is 31.1 Å². The molecule has 0 spiro atoms. The Hall–Kier alpha value is -1.94. The molecule has 1 aliphatic rings. The van der Waals surface area contributed by atoms with E-state index in [0.717, 1.165) is 43.1 Å². The molecule has 4 heteroatoms. The molecule has 1 aliphatic heterocycles. The van der Waals surface area contributed by atoms with Crippen molar-refractivity contribution in [3.05, 3.63) is 62.8 Å². The van der Waals surface area contributed by atoms with Crippen molar-refractivity contribution >= 4 is 0 Å². The number of benzene rings is 1. The van der Waals surface area contributed by atoms with Crippen molar-refractivity contribution in [2.24, 2.45) is 0 Å². The van der Waals surface area contributed by atoms with Gasteiger partial charge < -0.3 is 4.98 Å². The Morgan fingerprint density at radius 1 is 1.36 bits per heavy atom. The molecule has 1 aromatic heterocycles. The summed E-state index contributed by atoms with van der Waals surface area (Å²) in [5.41, 5.74) is 4.46. The maximum atomic E-state index is 12.2. The summed E-state index contributed by atoms with van der Waals surface area (Å²) in [5, 5.41) is 0. The standard InChI is InChI=1S/C18H23N3O/c1-12(2)17-19-16-11-21(8-7-15(16)18(22)20-17)10-14-6-4-5-13(3)9-14/h4-6,9,12H,7-8,10-11H2,1-3H3,(H,19,20,22). The van der Waals surface area contributed by atoms with Crippen molar-refractivity contribution in [1.29, 1.82) is 0 Å². The van der Waals surface area contributed by atoms with E-state index in [-0.39, 0.29) is 11.5 Å². The van der Waals surface area contributed by atoms with Crippen LogP contribution in [0.15, 0.2) is 29.1 Å². The molecule has 22 heavy (non-hydrogen) atoms. The van der Waals surface area contributed by atoms with Crippen molar-refractivity contribution < 1.29 is 0 Å². The number of rotatable bonds is 3. The van der Waals surface area contributed by atoms with Crippen molar-refractivity contribution in [3.63, 3.8) is 0 Å². The predicted octanol–water partition coefficient (Wildman–Crippen LogP) is 2.76. The molecular weight excluding hydrogens is 274 g/mol. The van der Waals surface area contributed by atoms with Crippen LogP contribution in [0.3, 0.4) is 0 Å². The first-order valence-electron chi connectivity index (χ1n) is 7.93. The fourth-order valence-electron chi connectivity index (χ4n) is 2.99. The summed E-state index contributed by atoms with van der Waals surface area (Å²) in [6, 6.07) is 8.60. The van der Waals surface area contributed by atoms with E-state index in [1.54, 1.807) is 0 Å². The van der Waals surface area contributed by atoms with Gasteiger partial charge in [0.2, 0.25) is 0 Å². The topological polar surface area (TPSA) is 49.0 Å². The van der Waals surface area contributed by atoms with Gasteiger partial charge in [-0.15, -0.1) is 0 Å². The number of aromatic amines is 1. The molecular formula is C18H23N3O. The highest BCUT2D eigenvalue weighted by Gasteiger charge is 2.21. The molecule has 0 amide bonds. The summed E-state index contributed by atoms with van der Waals surface area (Å²) >= 11 is 0. The Morgan fingerprint density at radius 2 is 2.18 bits per heavy atom. The van der Waals surface area contributed by atoms with Crippen molar-refractivity contribution in [3.8, 4) is 0 Å². The average Bonchev–Trinajstić information content (AvgIpc) is 2.46. The molecule has 0 atom stereocenters. The van der Waals surface area contributed by atoms with Crippen LogP contribution in [0.4, 0.5) is 0 Å². The highest BCUT2D eigenvalue weighted by molar-refractivity contribution is 5.24. The first kappa shape index (κ1) is 15.0. The molecule has 0 saturated heterocycles. The van der Waals surface area contributed by atoms with Gasteiger partial charge in [0.25, 0.3) is 5.56 Å². The smallest absolute Gasteiger partial charge is 0.254 e. The van der Waals surface area contributed by atoms with Crippen molar-refractivity contribution in [2.75, 3.05) is 6.54 Å². The summed E-state index contributed by atoms with van der Waals surface area (Å²) < 4.78 is 0. The minimum absolute atomic E-state index is 0.0453. The lowest BCUT2D eigenvalue weighted by Gasteiger charge is -2.28. The van der Waals surface area contributed by atoms with Gasteiger partial charge in [-0.25, -0.2) is 4.98 Å². The minimum atomic E-state index is 0.0453. The van der Waals surface area contributed by atoms with Crippen LogP contribution in [0.25, 0.3) is 0 Å². The summed E-state index contributed by atoms with van der Waals surface area (Å²) in [4.78, 5) is 22.2. The third-order valence-corrected chi connectivity index (χ3v) is 4.21. The van der Waals surface area contributed by atoms with Crippen LogP contribution in [0, 0.1) is 6.92 Å². The highest BCUT2D eigenvalue weighted by atomic mass is 16.1. The van der Waals surface area contributed by atoms with Gasteiger partial charge in [-0.3, -0.25) is 9.69 Å². The Kier molecular flexibility index (Phi) is 4.12. The Labute approximate surface area is 131 Å². The van der Waals surface area contributed by atoms with E-state index < -0.39 is 0 Å². The monoisotopic (exact) mass is 297 g/mol. The number of nitrogens with one attached hydrogen (secondary N) is 1. The lowest BCUT2D eigenvalue weighted by atomic mass is 10.0. The number of aryl methyl sites for hydroxylation is 1. The van der Waals surface area contributed by atoms with Crippen LogP contribution in [0.1, 0.15) is 48.0 Å². The van der Waals surface area contributed by atoms with Crippen LogP contribution in [-0.4, -0.2) is 21.4 Å². The molecule has 0 saturated carbocycles. The van der Waals surface area contributed by atoms with Gasteiger partial charge in [-0.2, -0.15) is 0 Å². The van der Waals surface area contributed by atoms with Crippen molar-refractivity contribution in [1.82, 2.24) is 14.9 Å². The van der Waals surface area contributed by atoms with Gasteiger partial charge in [0.15, 0.2) is 0 Å². The van der Waals surface area contributed by atoms with E-state index in [0.29, 0.717) is 0 Å². The molecule has 0 radical (unpaired) electrons. The number of fused-ring (bicyclic) bond motifs is 1. The van der Waals surface area contributed by atoms with E-state index in [1.807, 2.05) is 0 Å². The Bertz CT molecular complexity index is 733. The molecule has 3 rings (SSSR count). The van der Waals surface area contributed by atoms with E-state index in [4.69, 9.17) is 0 Å². The molecule has 1 aromatic carbocycles. The van der Waals surface area contributed by atoms with Crippen molar-refractivity contribution in [2.45, 2.75) is 46.2 Å². The van der Waals surface area contributed by atoms with Crippen LogP contribution in [0.2, 0.25) is 0 Å². The normalized spacial score (nSPS) is 15.1. The highest BCUT2D eigenvalue weighted by Crippen LogP contribution is 2.18. The SMILES string of the molecule is Cc1cccc(CN2CCc3c(nc(C(C)C)[nH]c3=O)C2)c1. The third-order valence-electron chi connectivity index (χ3n) is 4.21. The molecule has 0 unspecified atom stereocenters. The molecule has 2 aromatic rings. The zero-order chi connectivity index (χ0) is 15.7. The van der Waals surface area contributed by atoms with Gasteiger partial charge in [-0.1, -0.05) is 43.7 Å². The quantitative estimate of drug-likeness (QED) is 0.947. The largest absolute Gasteiger partial charge is 0.310 e. The maximum absolute atomic E-state index is 12.2. The molecule has 116 valence electrons. The predicted molar refractivity (Wildman–Crippen MR) is 87.9 cm³/mol. The second-order valence-corrected chi connectivity index (χ2v) is 6.48. The van der Waals surface area contributed by atoms with Gasteiger partial charge >= 0.3 is 0 Å². The van der Waals surface area contributed by atoms with Gasteiger partial charge in [-0.05, 0) is 18.9 Å². The lowest BCUT2D eigenvalue weighted by Crippen LogP contribution is -2.35. The molecule has 0 aliphatic carbocycles. The van der Waals surface area contributed by atoms with Crippen LogP contribution in [-0.2, 0) is 19.5 Å². The Morgan fingerprint density at radius 3 is 2.91 bits per heavy atom. The van der Waals surface area contributed by atoms with E-state index in [2.05, 4.69) is 59.9 Å². The number of H-pyrrole nitrogens is 1. The van der Waals surface area contributed by atoms with E-state index in [9.17, 15) is 4.79 Å². The fourth-order valence-corrected chi connectivity index (χ4v) is 2.99. The first-order valence-corrected chi connectivity index (χ1v) is 7.93. The summed E-state index contributed by atoms with van der Waals surface area (Å²) in [7, 11) is 0. The number of aromatic nitrogens is 2. The molecule has 4 nitrogen and oxygen atoms in total. The number of hydrogen-bond acceptors (Lipinski definition) is 3. The fraction of sp³-hybridized carbons (Fsp3) is 0.444. The third kappa shape index (κ3) is 3.12. The van der Waals surface area contributed by atoms with Crippen LogP contribution < -0.4 is 5.56 Å². The molecule has 2 heterocycles. The minimum Gasteiger partial charge on any atom is -0.310 e. The molecule has 0 fully saturated rings. The summed E-state index contributed by atoms with van der Waals surface area (Å²) in [6.07, 6.45) is 0.780. The molecule has 0 bridgehead atoms. The van der Waals surface area contributed by atoms with E-state index in [1.165, 1.54) is 11.1 Å². The van der Waals surface area contributed by atoms with E-state index >= 15 is 0 Å². The Balaban J connectivity index is 1.82. The zero-order valence-corrected chi connectivity index (χ0v) is 13.5.